The lowest BCUT2D eigenvalue weighted by atomic mass is 10.2. The molecule has 4 heteroatoms. The van der Waals surface area contributed by atoms with Crippen molar-refractivity contribution in [1.29, 1.82) is 5.41 Å². The normalized spacial score (nSPS) is 14.9. The second-order valence-electron chi connectivity index (χ2n) is 3.75. The summed E-state index contributed by atoms with van der Waals surface area (Å²) < 4.78 is 4.99. The van der Waals surface area contributed by atoms with Crippen LogP contribution < -0.4 is 0 Å². The number of nitrogens with zero attached hydrogens (tertiary/aromatic N) is 1. The van der Waals surface area contributed by atoms with Crippen LogP contribution in [0, 0.1) is 5.41 Å². The molecule has 0 radical (unpaired) electrons. The minimum Gasteiger partial charge on any atom is -0.389 e. The molecule has 1 aliphatic heterocycles. The van der Waals surface area contributed by atoms with Crippen LogP contribution in [0.5, 0.6) is 0 Å². The number of carbonyl (C=O) groups is 1. The van der Waals surface area contributed by atoms with Crippen molar-refractivity contribution in [2.24, 2.45) is 0 Å². The second-order valence-corrected chi connectivity index (χ2v) is 3.75. The zero-order valence-corrected chi connectivity index (χ0v) is 8.98. The summed E-state index contributed by atoms with van der Waals surface area (Å²) in [5.74, 6) is -0.461. The maximum atomic E-state index is 11.6. The molecule has 1 aliphatic rings. The van der Waals surface area contributed by atoms with E-state index in [0.29, 0.717) is 5.56 Å². The number of carbonyl (C=O) groups excluding carboxylic acids is 1. The molecule has 0 spiro atoms. The SMILES string of the molecule is N=C(OC(=O)c1ccccc1)N1CCCC1. The predicted octanol–water partition coefficient (Wildman–Crippen LogP) is 1.87. The average Bonchev–Trinajstić information content (AvgIpc) is 2.83. The Morgan fingerprint density at radius 1 is 1.19 bits per heavy atom. The van der Waals surface area contributed by atoms with Gasteiger partial charge in [0.05, 0.1) is 5.56 Å². The van der Waals surface area contributed by atoms with Gasteiger partial charge in [-0.15, -0.1) is 0 Å². The Hall–Kier alpha value is -1.84. The fourth-order valence-electron chi connectivity index (χ4n) is 1.71. The number of esters is 1. The maximum Gasteiger partial charge on any atom is 0.345 e. The average molecular weight is 218 g/mol. The Labute approximate surface area is 94.3 Å². The van der Waals surface area contributed by atoms with Crippen LogP contribution in [0.2, 0.25) is 0 Å². The Bertz CT molecular complexity index is 383. The third kappa shape index (κ3) is 2.39. The van der Waals surface area contributed by atoms with Crippen molar-refractivity contribution in [2.75, 3.05) is 13.1 Å². The molecule has 84 valence electrons. The van der Waals surface area contributed by atoms with Crippen LogP contribution in [0.3, 0.4) is 0 Å². The largest absolute Gasteiger partial charge is 0.389 e. The summed E-state index contributed by atoms with van der Waals surface area (Å²) in [6.45, 7) is 1.61. The van der Waals surface area contributed by atoms with Crippen molar-refractivity contribution in [3.05, 3.63) is 35.9 Å². The topological polar surface area (TPSA) is 53.4 Å². The predicted molar refractivity (Wildman–Crippen MR) is 60.4 cm³/mol. The summed E-state index contributed by atoms with van der Waals surface area (Å²) in [6.07, 6.45) is 2.12. The van der Waals surface area contributed by atoms with Crippen LogP contribution in [0.4, 0.5) is 0 Å². The van der Waals surface area contributed by atoms with Gasteiger partial charge in [-0.1, -0.05) is 18.2 Å². The lowest BCUT2D eigenvalue weighted by molar-refractivity contribution is 0.0683. The standard InChI is InChI=1S/C12H14N2O2/c13-12(14-8-4-5-9-14)16-11(15)10-6-2-1-3-7-10/h1-3,6-7,13H,4-5,8-9H2. The molecular formula is C12H14N2O2. The van der Waals surface area contributed by atoms with Gasteiger partial charge in [-0.2, -0.15) is 0 Å². The third-order valence-corrected chi connectivity index (χ3v) is 2.59. The summed E-state index contributed by atoms with van der Waals surface area (Å²) in [7, 11) is 0. The van der Waals surface area contributed by atoms with E-state index < -0.39 is 5.97 Å². The first-order valence-corrected chi connectivity index (χ1v) is 5.38. The quantitative estimate of drug-likeness (QED) is 0.445. The van der Waals surface area contributed by atoms with Crippen LogP contribution in [-0.2, 0) is 4.74 Å². The molecule has 16 heavy (non-hydrogen) atoms. The molecule has 1 fully saturated rings. The Morgan fingerprint density at radius 3 is 2.44 bits per heavy atom. The van der Waals surface area contributed by atoms with Crippen LogP contribution >= 0.6 is 0 Å². The highest BCUT2D eigenvalue weighted by Gasteiger charge is 2.19. The van der Waals surface area contributed by atoms with Gasteiger partial charge in [-0.25, -0.2) is 4.79 Å². The molecular weight excluding hydrogens is 204 g/mol. The van der Waals surface area contributed by atoms with Crippen molar-refractivity contribution in [1.82, 2.24) is 4.90 Å². The number of likely N-dealkylation sites (tertiary alicyclic amines) is 1. The molecule has 1 heterocycles. The van der Waals surface area contributed by atoms with Crippen LogP contribution in [0.15, 0.2) is 30.3 Å². The van der Waals surface area contributed by atoms with Crippen molar-refractivity contribution >= 4 is 12.0 Å². The smallest absolute Gasteiger partial charge is 0.345 e. The summed E-state index contributed by atoms with van der Waals surface area (Å²) in [5, 5.41) is 7.65. The van der Waals surface area contributed by atoms with Gasteiger partial charge >= 0.3 is 5.97 Å². The first-order chi connectivity index (χ1) is 7.77. The number of benzene rings is 1. The highest BCUT2D eigenvalue weighted by Crippen LogP contribution is 2.09. The summed E-state index contributed by atoms with van der Waals surface area (Å²) >= 11 is 0. The third-order valence-electron chi connectivity index (χ3n) is 2.59. The van der Waals surface area contributed by atoms with Crippen molar-refractivity contribution in [3.63, 3.8) is 0 Å². The monoisotopic (exact) mass is 218 g/mol. The number of hydrogen-bond acceptors (Lipinski definition) is 3. The number of ether oxygens (including phenoxy) is 1. The molecule has 0 saturated carbocycles. The van der Waals surface area contributed by atoms with Gasteiger partial charge in [0, 0.05) is 13.1 Å². The van der Waals surface area contributed by atoms with Gasteiger partial charge in [0.2, 0.25) is 0 Å². The van der Waals surface area contributed by atoms with E-state index in [1.165, 1.54) is 0 Å². The Kier molecular flexibility index (Phi) is 3.19. The Balaban J connectivity index is 1.94. The highest BCUT2D eigenvalue weighted by atomic mass is 16.6. The number of amidine groups is 1. The number of rotatable bonds is 1. The molecule has 0 atom stereocenters. The molecule has 0 unspecified atom stereocenters. The van der Waals surface area contributed by atoms with E-state index >= 15 is 0 Å². The molecule has 0 bridgehead atoms. The molecule has 4 nitrogen and oxygen atoms in total. The first-order valence-electron chi connectivity index (χ1n) is 5.38. The minimum absolute atomic E-state index is 0.0358. The highest BCUT2D eigenvalue weighted by molar-refractivity contribution is 5.96. The van der Waals surface area contributed by atoms with E-state index in [9.17, 15) is 4.79 Å². The molecule has 1 aromatic carbocycles. The summed E-state index contributed by atoms with van der Waals surface area (Å²) in [4.78, 5) is 13.4. The van der Waals surface area contributed by atoms with Gasteiger partial charge in [-0.05, 0) is 25.0 Å². The summed E-state index contributed by atoms with van der Waals surface area (Å²) in [5.41, 5.74) is 0.478. The molecule has 1 saturated heterocycles. The second kappa shape index (κ2) is 4.79. The molecule has 1 N–H and O–H groups in total. The maximum absolute atomic E-state index is 11.6. The lowest BCUT2D eigenvalue weighted by Gasteiger charge is -2.16. The van der Waals surface area contributed by atoms with Gasteiger partial charge in [0.25, 0.3) is 6.02 Å². The van der Waals surface area contributed by atoms with E-state index in [4.69, 9.17) is 10.1 Å². The number of hydrogen-bond donors (Lipinski definition) is 1. The van der Waals surface area contributed by atoms with Crippen LogP contribution in [0.1, 0.15) is 23.2 Å². The zero-order valence-electron chi connectivity index (χ0n) is 8.98. The van der Waals surface area contributed by atoms with Crippen LogP contribution in [0.25, 0.3) is 0 Å². The molecule has 0 aliphatic carbocycles. The van der Waals surface area contributed by atoms with Crippen molar-refractivity contribution in [3.8, 4) is 0 Å². The van der Waals surface area contributed by atoms with Gasteiger partial charge in [-0.3, -0.25) is 5.41 Å². The minimum atomic E-state index is -0.461. The lowest BCUT2D eigenvalue weighted by Crippen LogP contribution is -2.31. The van der Waals surface area contributed by atoms with E-state index in [1.807, 2.05) is 6.07 Å². The summed E-state index contributed by atoms with van der Waals surface area (Å²) in [6, 6.07) is 8.71. The molecule has 0 aromatic heterocycles. The molecule has 1 aromatic rings. The molecule has 2 rings (SSSR count). The number of nitrogens with one attached hydrogen (secondary N) is 1. The molecule has 0 amide bonds. The fourth-order valence-corrected chi connectivity index (χ4v) is 1.71. The van der Waals surface area contributed by atoms with Crippen molar-refractivity contribution < 1.29 is 9.53 Å². The van der Waals surface area contributed by atoms with Crippen LogP contribution in [-0.4, -0.2) is 30.0 Å². The van der Waals surface area contributed by atoms with E-state index in [0.717, 1.165) is 25.9 Å². The zero-order chi connectivity index (χ0) is 11.4. The van der Waals surface area contributed by atoms with E-state index in [2.05, 4.69) is 0 Å². The fraction of sp³-hybridized carbons (Fsp3) is 0.333. The Morgan fingerprint density at radius 2 is 1.81 bits per heavy atom. The van der Waals surface area contributed by atoms with E-state index in [-0.39, 0.29) is 6.02 Å². The van der Waals surface area contributed by atoms with E-state index in [1.54, 1.807) is 29.2 Å². The van der Waals surface area contributed by atoms with Crippen molar-refractivity contribution in [2.45, 2.75) is 12.8 Å². The van der Waals surface area contributed by atoms with Gasteiger partial charge in [0.15, 0.2) is 0 Å². The first kappa shape index (κ1) is 10.7. The van der Waals surface area contributed by atoms with Gasteiger partial charge in [0.1, 0.15) is 0 Å². The van der Waals surface area contributed by atoms with Gasteiger partial charge < -0.3 is 9.64 Å².